The van der Waals surface area contributed by atoms with Gasteiger partial charge in [0.25, 0.3) is 0 Å². The fourth-order valence-electron chi connectivity index (χ4n) is 3.58. The Morgan fingerprint density at radius 1 is 1.30 bits per heavy atom. The average molecular weight is 369 g/mol. The number of benzene rings is 1. The summed E-state index contributed by atoms with van der Waals surface area (Å²) in [5, 5.41) is 13.1. The highest BCUT2D eigenvalue weighted by Gasteiger charge is 2.44. The van der Waals surface area contributed by atoms with Crippen molar-refractivity contribution in [2.75, 3.05) is 23.7 Å². The number of nitrogens with zero attached hydrogens (tertiary/aromatic N) is 2. The molecule has 1 spiro atoms. The second kappa shape index (κ2) is 6.94. The lowest BCUT2D eigenvalue weighted by Gasteiger charge is -2.44. The fourth-order valence-corrected chi connectivity index (χ4v) is 3.58. The third-order valence-corrected chi connectivity index (χ3v) is 5.27. The van der Waals surface area contributed by atoms with E-state index in [9.17, 15) is 9.59 Å². The number of anilines is 2. The van der Waals surface area contributed by atoms with E-state index in [1.165, 1.54) is 0 Å². The number of carbonyl (C=O) groups is 2. The van der Waals surface area contributed by atoms with Gasteiger partial charge in [0.05, 0.1) is 23.6 Å². The van der Waals surface area contributed by atoms with Gasteiger partial charge >= 0.3 is 6.03 Å². The van der Waals surface area contributed by atoms with E-state index in [4.69, 9.17) is 4.52 Å². The van der Waals surface area contributed by atoms with Crippen molar-refractivity contribution in [1.82, 2.24) is 15.4 Å². The molecular formula is C19H23N5O3. The number of para-hydroxylation sites is 2. The molecule has 8 heteroatoms. The Morgan fingerprint density at radius 2 is 2.04 bits per heavy atom. The Kier molecular flexibility index (Phi) is 4.47. The summed E-state index contributed by atoms with van der Waals surface area (Å²) in [6.07, 6.45) is 1.91. The Labute approximate surface area is 157 Å². The number of piperidine rings is 1. The van der Waals surface area contributed by atoms with Crippen LogP contribution in [0.5, 0.6) is 0 Å². The van der Waals surface area contributed by atoms with Gasteiger partial charge in [0.15, 0.2) is 5.76 Å². The summed E-state index contributed by atoms with van der Waals surface area (Å²) in [6.45, 7) is 3.31. The van der Waals surface area contributed by atoms with E-state index in [1.54, 1.807) is 4.90 Å². The zero-order valence-corrected chi connectivity index (χ0v) is 15.2. The maximum Gasteiger partial charge on any atom is 0.317 e. The van der Waals surface area contributed by atoms with Gasteiger partial charge in [0.2, 0.25) is 5.91 Å². The molecule has 27 heavy (non-hydrogen) atoms. The lowest BCUT2D eigenvalue weighted by atomic mass is 9.84. The summed E-state index contributed by atoms with van der Waals surface area (Å²) in [5.41, 5.74) is 1.93. The van der Waals surface area contributed by atoms with Crippen molar-refractivity contribution in [1.29, 1.82) is 0 Å². The summed E-state index contributed by atoms with van der Waals surface area (Å²) in [5.74, 6) is 0.605. The maximum absolute atomic E-state index is 12.6. The number of aryl methyl sites for hydroxylation is 1. The second-order valence-electron chi connectivity index (χ2n) is 6.99. The van der Waals surface area contributed by atoms with Gasteiger partial charge in [-0.05, 0) is 31.4 Å². The van der Waals surface area contributed by atoms with Gasteiger partial charge in [-0.15, -0.1) is 0 Å². The van der Waals surface area contributed by atoms with Crippen LogP contribution < -0.4 is 16.0 Å². The highest BCUT2D eigenvalue weighted by molar-refractivity contribution is 6.06. The lowest BCUT2D eigenvalue weighted by Crippen LogP contribution is -2.59. The second-order valence-corrected chi connectivity index (χ2v) is 6.99. The summed E-state index contributed by atoms with van der Waals surface area (Å²) in [7, 11) is 0. The van der Waals surface area contributed by atoms with Crippen molar-refractivity contribution in [3.8, 4) is 0 Å². The van der Waals surface area contributed by atoms with Crippen molar-refractivity contribution < 1.29 is 14.1 Å². The molecule has 3 heterocycles. The number of aromatic nitrogens is 1. The van der Waals surface area contributed by atoms with E-state index in [2.05, 4.69) is 21.1 Å². The van der Waals surface area contributed by atoms with Crippen molar-refractivity contribution in [2.45, 2.75) is 38.3 Å². The minimum Gasteiger partial charge on any atom is -0.369 e. The summed E-state index contributed by atoms with van der Waals surface area (Å²) in [4.78, 5) is 26.8. The summed E-state index contributed by atoms with van der Waals surface area (Å²) >= 11 is 0. The number of urea groups is 1. The zero-order valence-electron chi connectivity index (χ0n) is 15.2. The summed E-state index contributed by atoms with van der Waals surface area (Å²) in [6, 6.07) is 9.35. The molecule has 1 fully saturated rings. The first-order chi connectivity index (χ1) is 13.1. The fraction of sp³-hybridized carbons (Fsp3) is 0.421. The largest absolute Gasteiger partial charge is 0.369 e. The SMILES string of the molecule is CCc1cc(CNC(=O)N2CCC3(CC2)Nc2ccccc2NC3=O)on1. The Morgan fingerprint density at radius 3 is 2.74 bits per heavy atom. The predicted octanol–water partition coefficient (Wildman–Crippen LogP) is 2.35. The number of fused-ring (bicyclic) bond motifs is 1. The molecule has 8 nitrogen and oxygen atoms in total. The minimum atomic E-state index is -0.661. The van der Waals surface area contributed by atoms with Crippen LogP contribution in [0.1, 0.15) is 31.2 Å². The molecule has 1 saturated heterocycles. The van der Waals surface area contributed by atoms with Crippen LogP contribution in [0, 0.1) is 0 Å². The molecule has 3 amide bonds. The molecule has 0 atom stereocenters. The zero-order chi connectivity index (χ0) is 18.9. The Hall–Kier alpha value is -3.03. The number of likely N-dealkylation sites (tertiary alicyclic amines) is 1. The normalized spacial score (nSPS) is 17.8. The molecule has 2 aliphatic rings. The number of hydrogen-bond acceptors (Lipinski definition) is 5. The van der Waals surface area contributed by atoms with Gasteiger partial charge in [0.1, 0.15) is 5.54 Å². The standard InChI is InChI=1S/C19H23N5O3/c1-2-13-11-14(27-23-13)12-20-18(26)24-9-7-19(8-10-24)17(25)21-15-5-3-4-6-16(15)22-19/h3-6,11,22H,2,7-10,12H2,1H3,(H,20,26)(H,21,25). The van der Waals surface area contributed by atoms with E-state index in [0.29, 0.717) is 38.2 Å². The number of hydrogen-bond donors (Lipinski definition) is 3. The number of rotatable bonds is 3. The maximum atomic E-state index is 12.6. The van der Waals surface area contributed by atoms with Gasteiger partial charge in [-0.25, -0.2) is 4.79 Å². The van der Waals surface area contributed by atoms with E-state index in [0.717, 1.165) is 23.5 Å². The third kappa shape index (κ3) is 3.34. The van der Waals surface area contributed by atoms with Gasteiger partial charge in [-0.3, -0.25) is 4.79 Å². The number of amides is 3. The quantitative estimate of drug-likeness (QED) is 0.771. The minimum absolute atomic E-state index is 0.0324. The van der Waals surface area contributed by atoms with Gasteiger partial charge in [0, 0.05) is 19.2 Å². The number of nitrogens with one attached hydrogen (secondary N) is 3. The molecule has 1 aromatic carbocycles. The highest BCUT2D eigenvalue weighted by atomic mass is 16.5. The van der Waals surface area contributed by atoms with Gasteiger partial charge in [-0.1, -0.05) is 24.2 Å². The van der Waals surface area contributed by atoms with Crippen LogP contribution in [0.15, 0.2) is 34.9 Å². The van der Waals surface area contributed by atoms with Crippen molar-refractivity contribution in [3.05, 3.63) is 41.8 Å². The first-order valence-electron chi connectivity index (χ1n) is 9.25. The molecule has 0 unspecified atom stereocenters. The van der Waals surface area contributed by atoms with Crippen LogP contribution in [0.2, 0.25) is 0 Å². The van der Waals surface area contributed by atoms with E-state index >= 15 is 0 Å². The van der Waals surface area contributed by atoms with Crippen LogP contribution in [0.4, 0.5) is 16.2 Å². The molecular weight excluding hydrogens is 346 g/mol. The third-order valence-electron chi connectivity index (χ3n) is 5.27. The van der Waals surface area contributed by atoms with Crippen molar-refractivity contribution >= 4 is 23.3 Å². The Balaban J connectivity index is 1.34. The van der Waals surface area contributed by atoms with Crippen LogP contribution in [-0.2, 0) is 17.8 Å². The average Bonchev–Trinajstić information content (AvgIpc) is 3.16. The Bertz CT molecular complexity index is 855. The highest BCUT2D eigenvalue weighted by Crippen LogP contribution is 2.36. The van der Waals surface area contributed by atoms with Crippen LogP contribution in [0.3, 0.4) is 0 Å². The molecule has 3 N–H and O–H groups in total. The molecule has 142 valence electrons. The first kappa shape index (κ1) is 17.4. The molecule has 4 rings (SSSR count). The van der Waals surface area contributed by atoms with E-state index < -0.39 is 5.54 Å². The summed E-state index contributed by atoms with van der Waals surface area (Å²) < 4.78 is 5.18. The smallest absolute Gasteiger partial charge is 0.317 e. The monoisotopic (exact) mass is 369 g/mol. The van der Waals surface area contributed by atoms with Crippen LogP contribution in [0.25, 0.3) is 0 Å². The van der Waals surface area contributed by atoms with Crippen LogP contribution in [-0.4, -0.2) is 40.6 Å². The van der Waals surface area contributed by atoms with Crippen molar-refractivity contribution in [3.63, 3.8) is 0 Å². The first-order valence-corrected chi connectivity index (χ1v) is 9.25. The molecule has 0 saturated carbocycles. The molecule has 0 bridgehead atoms. The number of carbonyl (C=O) groups excluding carboxylic acids is 2. The van der Waals surface area contributed by atoms with E-state index in [1.807, 2.05) is 37.3 Å². The molecule has 0 radical (unpaired) electrons. The van der Waals surface area contributed by atoms with Gasteiger partial charge < -0.3 is 25.4 Å². The topological polar surface area (TPSA) is 99.5 Å². The van der Waals surface area contributed by atoms with Crippen LogP contribution >= 0.6 is 0 Å². The van der Waals surface area contributed by atoms with Gasteiger partial charge in [-0.2, -0.15) is 0 Å². The van der Waals surface area contributed by atoms with Crippen molar-refractivity contribution in [2.24, 2.45) is 0 Å². The van der Waals surface area contributed by atoms with E-state index in [-0.39, 0.29) is 11.9 Å². The predicted molar refractivity (Wildman–Crippen MR) is 100 cm³/mol. The molecule has 1 aromatic heterocycles. The molecule has 0 aliphatic carbocycles. The molecule has 2 aliphatic heterocycles. The lowest BCUT2D eigenvalue weighted by molar-refractivity contribution is -0.121. The molecule has 2 aromatic rings.